The first-order valence-electron chi connectivity index (χ1n) is 9.32. The molecule has 8 nitrogen and oxygen atoms in total. The van der Waals surface area contributed by atoms with Crippen LogP contribution in [0.25, 0.3) is 0 Å². The van der Waals surface area contributed by atoms with Gasteiger partial charge in [0.05, 0.1) is 12.5 Å². The molecule has 1 aliphatic rings. The summed E-state index contributed by atoms with van der Waals surface area (Å²) >= 11 is 0. The van der Waals surface area contributed by atoms with E-state index in [0.717, 1.165) is 0 Å². The van der Waals surface area contributed by atoms with Gasteiger partial charge >= 0.3 is 5.97 Å². The highest BCUT2D eigenvalue weighted by atomic mass is 16.5. The van der Waals surface area contributed by atoms with Crippen molar-refractivity contribution in [3.05, 3.63) is 28.2 Å². The van der Waals surface area contributed by atoms with Gasteiger partial charge in [0, 0.05) is 25.2 Å². The number of nitrogens with one attached hydrogen (secondary N) is 1. The van der Waals surface area contributed by atoms with Crippen LogP contribution in [-0.4, -0.2) is 46.9 Å². The Morgan fingerprint density at radius 3 is 2.44 bits per heavy atom. The third kappa shape index (κ3) is 5.18. The molecule has 1 aromatic heterocycles. The maximum Gasteiger partial charge on any atom is 0.309 e. The number of carbonyl (C=O) groups excluding carboxylic acids is 3. The molecule has 0 aromatic carbocycles. The van der Waals surface area contributed by atoms with E-state index in [2.05, 4.69) is 5.32 Å². The number of nitrogens with zero attached hydrogens (tertiary/aromatic N) is 2. The minimum atomic E-state index is -0.397. The van der Waals surface area contributed by atoms with Crippen LogP contribution in [0.4, 0.5) is 5.69 Å². The third-order valence-electron chi connectivity index (χ3n) is 4.75. The number of amides is 2. The zero-order chi connectivity index (χ0) is 20.0. The Morgan fingerprint density at radius 2 is 1.85 bits per heavy atom. The molecule has 1 aromatic rings. The molecule has 8 heteroatoms. The van der Waals surface area contributed by atoms with Crippen molar-refractivity contribution in [2.45, 2.75) is 46.6 Å². The summed E-state index contributed by atoms with van der Waals surface area (Å²) in [7, 11) is 0. The standard InChI is InChI=1S/C19H27N3O5/c1-4-16(23)20-15-7-6-13(3)22(18(15)25)12-17(24)21-10-8-14(9-11-21)19(26)27-5-2/h6-7,14H,4-5,8-12H2,1-3H3,(H,20,23). The summed E-state index contributed by atoms with van der Waals surface area (Å²) < 4.78 is 6.40. The van der Waals surface area contributed by atoms with E-state index >= 15 is 0 Å². The third-order valence-corrected chi connectivity index (χ3v) is 4.75. The molecule has 0 radical (unpaired) electrons. The zero-order valence-electron chi connectivity index (χ0n) is 16.1. The fourth-order valence-electron chi connectivity index (χ4n) is 3.06. The van der Waals surface area contributed by atoms with Crippen molar-refractivity contribution in [3.63, 3.8) is 0 Å². The van der Waals surface area contributed by atoms with Gasteiger partial charge < -0.3 is 19.5 Å². The van der Waals surface area contributed by atoms with Gasteiger partial charge in [0.25, 0.3) is 5.56 Å². The van der Waals surface area contributed by atoms with E-state index in [1.807, 2.05) is 0 Å². The van der Waals surface area contributed by atoms with E-state index in [4.69, 9.17) is 4.74 Å². The number of aryl methyl sites for hydroxylation is 1. The van der Waals surface area contributed by atoms with E-state index < -0.39 is 5.56 Å². The Balaban J connectivity index is 2.04. The van der Waals surface area contributed by atoms with Crippen LogP contribution in [0, 0.1) is 12.8 Å². The second-order valence-corrected chi connectivity index (χ2v) is 6.59. The van der Waals surface area contributed by atoms with E-state index in [1.54, 1.807) is 37.8 Å². The van der Waals surface area contributed by atoms with Crippen molar-refractivity contribution in [3.8, 4) is 0 Å². The number of carbonyl (C=O) groups is 3. The fourth-order valence-corrected chi connectivity index (χ4v) is 3.06. The molecular weight excluding hydrogens is 350 g/mol. The van der Waals surface area contributed by atoms with Crippen LogP contribution in [0.15, 0.2) is 16.9 Å². The minimum Gasteiger partial charge on any atom is -0.466 e. The van der Waals surface area contributed by atoms with Crippen molar-refractivity contribution in [1.29, 1.82) is 0 Å². The Labute approximate surface area is 158 Å². The number of likely N-dealkylation sites (tertiary alicyclic amines) is 1. The van der Waals surface area contributed by atoms with Gasteiger partial charge in [0.15, 0.2) is 0 Å². The van der Waals surface area contributed by atoms with Crippen molar-refractivity contribution in [1.82, 2.24) is 9.47 Å². The molecule has 0 bridgehead atoms. The monoisotopic (exact) mass is 377 g/mol. The molecule has 2 heterocycles. The molecule has 1 saturated heterocycles. The summed E-state index contributed by atoms with van der Waals surface area (Å²) in [5.74, 6) is -0.821. The predicted octanol–water partition coefficient (Wildman–Crippen LogP) is 1.31. The molecule has 0 unspecified atom stereocenters. The van der Waals surface area contributed by atoms with E-state index in [1.165, 1.54) is 4.57 Å². The SMILES string of the molecule is CCOC(=O)C1CCN(C(=O)Cn2c(C)ccc(NC(=O)CC)c2=O)CC1. The van der Waals surface area contributed by atoms with Crippen molar-refractivity contribution >= 4 is 23.5 Å². The molecule has 1 aliphatic heterocycles. The number of hydrogen-bond donors (Lipinski definition) is 1. The molecule has 0 spiro atoms. The van der Waals surface area contributed by atoms with Gasteiger partial charge in [-0.2, -0.15) is 0 Å². The number of piperidine rings is 1. The molecule has 0 aliphatic carbocycles. The lowest BCUT2D eigenvalue weighted by Gasteiger charge is -2.31. The summed E-state index contributed by atoms with van der Waals surface area (Å²) in [6.07, 6.45) is 1.39. The first-order valence-corrected chi connectivity index (χ1v) is 9.32. The van der Waals surface area contributed by atoms with Gasteiger partial charge in [-0.1, -0.05) is 6.92 Å². The Bertz CT molecular complexity index is 763. The average molecular weight is 377 g/mol. The summed E-state index contributed by atoms with van der Waals surface area (Å²) in [5, 5.41) is 2.56. The van der Waals surface area contributed by atoms with Crippen LogP contribution in [0.3, 0.4) is 0 Å². The number of pyridine rings is 1. The molecule has 1 fully saturated rings. The summed E-state index contributed by atoms with van der Waals surface area (Å²) in [6.45, 7) is 6.40. The van der Waals surface area contributed by atoms with Crippen LogP contribution in [0.1, 0.15) is 38.8 Å². The second-order valence-electron chi connectivity index (χ2n) is 6.59. The minimum absolute atomic E-state index is 0.0927. The highest BCUT2D eigenvalue weighted by molar-refractivity contribution is 5.90. The molecule has 0 atom stereocenters. The van der Waals surface area contributed by atoms with Crippen LogP contribution in [0.2, 0.25) is 0 Å². The quantitative estimate of drug-likeness (QED) is 0.754. The smallest absolute Gasteiger partial charge is 0.309 e. The van der Waals surface area contributed by atoms with E-state index in [0.29, 0.717) is 38.2 Å². The van der Waals surface area contributed by atoms with E-state index in [9.17, 15) is 19.2 Å². The molecule has 2 amide bonds. The largest absolute Gasteiger partial charge is 0.466 e. The number of esters is 1. The van der Waals surface area contributed by atoms with Crippen molar-refractivity contribution < 1.29 is 19.1 Å². The first-order chi connectivity index (χ1) is 12.9. The van der Waals surface area contributed by atoms with Gasteiger partial charge in [-0.3, -0.25) is 19.2 Å². The zero-order valence-corrected chi connectivity index (χ0v) is 16.1. The highest BCUT2D eigenvalue weighted by Gasteiger charge is 2.28. The summed E-state index contributed by atoms with van der Waals surface area (Å²) in [4.78, 5) is 50.2. The number of aromatic nitrogens is 1. The lowest BCUT2D eigenvalue weighted by atomic mass is 9.97. The van der Waals surface area contributed by atoms with Crippen molar-refractivity contribution in [2.24, 2.45) is 5.92 Å². The van der Waals surface area contributed by atoms with Crippen LogP contribution >= 0.6 is 0 Å². The average Bonchev–Trinajstić information content (AvgIpc) is 2.67. The number of anilines is 1. The van der Waals surface area contributed by atoms with Crippen LogP contribution in [0.5, 0.6) is 0 Å². The lowest BCUT2D eigenvalue weighted by Crippen LogP contribution is -2.43. The van der Waals surface area contributed by atoms with Gasteiger partial charge in [-0.25, -0.2) is 0 Å². The first kappa shape index (κ1) is 20.7. The maximum atomic E-state index is 12.6. The van der Waals surface area contributed by atoms with Crippen molar-refractivity contribution in [2.75, 3.05) is 25.0 Å². The molecule has 27 heavy (non-hydrogen) atoms. The topological polar surface area (TPSA) is 97.7 Å². The molecular formula is C19H27N3O5. The number of hydrogen-bond acceptors (Lipinski definition) is 5. The van der Waals surface area contributed by atoms with Gasteiger partial charge in [0.1, 0.15) is 12.2 Å². The highest BCUT2D eigenvalue weighted by Crippen LogP contribution is 2.19. The Hall–Kier alpha value is -2.64. The normalized spacial score (nSPS) is 14.7. The number of rotatable bonds is 6. The Kier molecular flexibility index (Phi) is 7.15. The van der Waals surface area contributed by atoms with Crippen LogP contribution in [-0.2, 0) is 25.7 Å². The molecule has 2 rings (SSSR count). The van der Waals surface area contributed by atoms with Crippen LogP contribution < -0.4 is 10.9 Å². The van der Waals surface area contributed by atoms with Gasteiger partial charge in [-0.05, 0) is 38.8 Å². The molecule has 0 saturated carbocycles. The molecule has 1 N–H and O–H groups in total. The van der Waals surface area contributed by atoms with Gasteiger partial charge in [-0.15, -0.1) is 0 Å². The predicted molar refractivity (Wildman–Crippen MR) is 100 cm³/mol. The summed E-state index contributed by atoms with van der Waals surface area (Å²) in [5.41, 5.74) is 0.414. The van der Waals surface area contributed by atoms with Gasteiger partial charge in [0.2, 0.25) is 11.8 Å². The Morgan fingerprint density at radius 1 is 1.19 bits per heavy atom. The lowest BCUT2D eigenvalue weighted by molar-refractivity contribution is -0.151. The maximum absolute atomic E-state index is 12.6. The second kappa shape index (κ2) is 9.34. The fraction of sp³-hybridized carbons (Fsp3) is 0.579. The molecule has 148 valence electrons. The number of ether oxygens (including phenoxy) is 1. The summed E-state index contributed by atoms with van der Waals surface area (Å²) in [6, 6.07) is 3.25. The van der Waals surface area contributed by atoms with E-state index in [-0.39, 0.29) is 42.4 Å².